The summed E-state index contributed by atoms with van der Waals surface area (Å²) in [6.07, 6.45) is 7.04. The van der Waals surface area contributed by atoms with Crippen molar-refractivity contribution in [1.29, 1.82) is 0 Å². The minimum Gasteiger partial charge on any atom is -0.314 e. The van der Waals surface area contributed by atoms with Crippen molar-refractivity contribution in [3.8, 4) is 0 Å². The lowest BCUT2D eigenvalue weighted by atomic mass is 9.89. The van der Waals surface area contributed by atoms with E-state index in [1.165, 1.54) is 38.6 Å². The Morgan fingerprint density at radius 2 is 1.73 bits per heavy atom. The fourth-order valence-electron chi connectivity index (χ4n) is 2.06. The highest BCUT2D eigenvalue weighted by Gasteiger charge is 2.22. The van der Waals surface area contributed by atoms with Gasteiger partial charge in [-0.25, -0.2) is 0 Å². The molecule has 0 saturated heterocycles. The van der Waals surface area contributed by atoms with Gasteiger partial charge in [0.25, 0.3) is 0 Å². The van der Waals surface area contributed by atoms with E-state index in [4.69, 9.17) is 0 Å². The first-order valence-electron chi connectivity index (χ1n) is 6.83. The molecule has 1 aliphatic rings. The van der Waals surface area contributed by atoms with Gasteiger partial charge in [-0.2, -0.15) is 0 Å². The van der Waals surface area contributed by atoms with Crippen LogP contribution in [-0.2, 0) is 0 Å². The van der Waals surface area contributed by atoms with Crippen molar-refractivity contribution in [2.45, 2.75) is 65.8 Å². The standard InChI is InChI=1S/C14H29N/c1-11(2)6-5-7-13(12(3)4)10-15-14-8-9-14/h11-15H,5-10H2,1-4H3. The minimum absolute atomic E-state index is 0.836. The molecule has 1 fully saturated rings. The molecule has 1 rings (SSSR count). The summed E-state index contributed by atoms with van der Waals surface area (Å²) in [4.78, 5) is 0. The topological polar surface area (TPSA) is 12.0 Å². The predicted octanol–water partition coefficient (Wildman–Crippen LogP) is 3.84. The summed E-state index contributed by atoms with van der Waals surface area (Å²) in [5, 5.41) is 3.68. The molecule has 0 bridgehead atoms. The monoisotopic (exact) mass is 211 g/mol. The van der Waals surface area contributed by atoms with Gasteiger partial charge in [-0.15, -0.1) is 0 Å². The van der Waals surface area contributed by atoms with Gasteiger partial charge in [0.05, 0.1) is 0 Å². The molecule has 0 spiro atoms. The second kappa shape index (κ2) is 6.52. The minimum atomic E-state index is 0.836. The number of hydrogen-bond acceptors (Lipinski definition) is 1. The molecule has 0 radical (unpaired) electrons. The van der Waals surface area contributed by atoms with Crippen LogP contribution in [0, 0.1) is 17.8 Å². The summed E-state index contributed by atoms with van der Waals surface area (Å²) in [7, 11) is 0. The van der Waals surface area contributed by atoms with Crippen molar-refractivity contribution >= 4 is 0 Å². The van der Waals surface area contributed by atoms with E-state index in [-0.39, 0.29) is 0 Å². The van der Waals surface area contributed by atoms with E-state index in [1.54, 1.807) is 0 Å². The van der Waals surface area contributed by atoms with E-state index in [2.05, 4.69) is 33.0 Å². The third-order valence-corrected chi connectivity index (χ3v) is 3.55. The van der Waals surface area contributed by atoms with E-state index in [0.29, 0.717) is 0 Å². The summed E-state index contributed by atoms with van der Waals surface area (Å²) in [6.45, 7) is 10.6. The molecule has 1 unspecified atom stereocenters. The Labute approximate surface area is 96.0 Å². The van der Waals surface area contributed by atoms with Crippen molar-refractivity contribution in [3.05, 3.63) is 0 Å². The van der Waals surface area contributed by atoms with Gasteiger partial charge in [-0.05, 0) is 43.6 Å². The molecule has 0 aromatic heterocycles. The molecule has 1 aliphatic carbocycles. The van der Waals surface area contributed by atoms with E-state index in [9.17, 15) is 0 Å². The zero-order chi connectivity index (χ0) is 11.3. The fourth-order valence-corrected chi connectivity index (χ4v) is 2.06. The zero-order valence-electron chi connectivity index (χ0n) is 11.1. The smallest absolute Gasteiger partial charge is 0.00683 e. The van der Waals surface area contributed by atoms with Gasteiger partial charge in [0.2, 0.25) is 0 Å². The van der Waals surface area contributed by atoms with Gasteiger partial charge < -0.3 is 5.32 Å². The maximum absolute atomic E-state index is 3.68. The number of rotatable bonds is 8. The molecule has 1 nitrogen and oxygen atoms in total. The predicted molar refractivity (Wildman–Crippen MR) is 68.0 cm³/mol. The van der Waals surface area contributed by atoms with E-state index in [0.717, 1.165) is 23.8 Å². The summed E-state index contributed by atoms with van der Waals surface area (Å²) < 4.78 is 0. The summed E-state index contributed by atoms with van der Waals surface area (Å²) in [5.41, 5.74) is 0. The molecule has 0 amide bonds. The van der Waals surface area contributed by atoms with Gasteiger partial charge in [0.15, 0.2) is 0 Å². The normalized spacial score (nSPS) is 18.8. The Morgan fingerprint density at radius 3 is 2.20 bits per heavy atom. The van der Waals surface area contributed by atoms with Crippen molar-refractivity contribution in [1.82, 2.24) is 5.32 Å². The van der Waals surface area contributed by atoms with Crippen LogP contribution in [0.1, 0.15) is 59.8 Å². The largest absolute Gasteiger partial charge is 0.314 e. The fraction of sp³-hybridized carbons (Fsp3) is 1.00. The molecule has 1 saturated carbocycles. The Kier molecular flexibility index (Phi) is 5.66. The van der Waals surface area contributed by atoms with Crippen LogP contribution in [0.4, 0.5) is 0 Å². The Balaban J connectivity index is 2.11. The SMILES string of the molecule is CC(C)CCCC(CNC1CC1)C(C)C. The van der Waals surface area contributed by atoms with Crippen LogP contribution >= 0.6 is 0 Å². The van der Waals surface area contributed by atoms with Crippen LogP contribution in [0.5, 0.6) is 0 Å². The molecule has 15 heavy (non-hydrogen) atoms. The molecule has 1 heteroatoms. The van der Waals surface area contributed by atoms with Crippen molar-refractivity contribution < 1.29 is 0 Å². The average molecular weight is 211 g/mol. The van der Waals surface area contributed by atoms with E-state index >= 15 is 0 Å². The summed E-state index contributed by atoms with van der Waals surface area (Å²) >= 11 is 0. The van der Waals surface area contributed by atoms with Crippen molar-refractivity contribution in [2.24, 2.45) is 17.8 Å². The third kappa shape index (κ3) is 6.19. The average Bonchev–Trinajstić information content (AvgIpc) is 2.93. The molecule has 0 aliphatic heterocycles. The van der Waals surface area contributed by atoms with Crippen LogP contribution in [-0.4, -0.2) is 12.6 Å². The van der Waals surface area contributed by atoms with Gasteiger partial charge in [0, 0.05) is 6.04 Å². The molecule has 90 valence electrons. The highest BCUT2D eigenvalue weighted by molar-refractivity contribution is 4.82. The van der Waals surface area contributed by atoms with Crippen LogP contribution in [0.25, 0.3) is 0 Å². The van der Waals surface area contributed by atoms with Crippen LogP contribution < -0.4 is 5.32 Å². The highest BCUT2D eigenvalue weighted by Crippen LogP contribution is 2.23. The lowest BCUT2D eigenvalue weighted by Gasteiger charge is -2.21. The summed E-state index contributed by atoms with van der Waals surface area (Å²) in [6, 6.07) is 0.872. The van der Waals surface area contributed by atoms with Crippen molar-refractivity contribution in [2.75, 3.05) is 6.54 Å². The van der Waals surface area contributed by atoms with Crippen LogP contribution in [0.2, 0.25) is 0 Å². The Bertz CT molecular complexity index is 159. The van der Waals surface area contributed by atoms with Crippen molar-refractivity contribution in [3.63, 3.8) is 0 Å². The molecule has 1 atom stereocenters. The maximum atomic E-state index is 3.68. The molecular formula is C14H29N. The van der Waals surface area contributed by atoms with Gasteiger partial charge in [-0.1, -0.05) is 40.5 Å². The first kappa shape index (κ1) is 13.0. The van der Waals surface area contributed by atoms with Gasteiger partial charge in [0.1, 0.15) is 0 Å². The number of nitrogens with one attached hydrogen (secondary N) is 1. The van der Waals surface area contributed by atoms with Gasteiger partial charge in [-0.3, -0.25) is 0 Å². The second-order valence-corrected chi connectivity index (χ2v) is 6.01. The van der Waals surface area contributed by atoms with Crippen LogP contribution in [0.3, 0.4) is 0 Å². The lowest BCUT2D eigenvalue weighted by Crippen LogP contribution is -2.27. The third-order valence-electron chi connectivity index (χ3n) is 3.55. The Morgan fingerprint density at radius 1 is 1.07 bits per heavy atom. The van der Waals surface area contributed by atoms with Gasteiger partial charge >= 0.3 is 0 Å². The molecule has 0 aromatic carbocycles. The molecular weight excluding hydrogens is 182 g/mol. The van der Waals surface area contributed by atoms with E-state index < -0.39 is 0 Å². The highest BCUT2D eigenvalue weighted by atomic mass is 14.9. The Hall–Kier alpha value is -0.0400. The molecule has 1 N–H and O–H groups in total. The molecule has 0 heterocycles. The zero-order valence-corrected chi connectivity index (χ0v) is 11.1. The van der Waals surface area contributed by atoms with Crippen LogP contribution in [0.15, 0.2) is 0 Å². The summed E-state index contributed by atoms with van der Waals surface area (Å²) in [5.74, 6) is 2.60. The second-order valence-electron chi connectivity index (χ2n) is 6.01. The quantitative estimate of drug-likeness (QED) is 0.643. The maximum Gasteiger partial charge on any atom is 0.00683 e. The van der Waals surface area contributed by atoms with E-state index in [1.807, 2.05) is 0 Å². The first-order chi connectivity index (χ1) is 7.09. The number of hydrogen-bond donors (Lipinski definition) is 1. The lowest BCUT2D eigenvalue weighted by molar-refractivity contribution is 0.322. The molecule has 0 aromatic rings. The first-order valence-corrected chi connectivity index (χ1v) is 6.83.